The molecular weight excluding hydrogens is 368 g/mol. The van der Waals surface area contributed by atoms with Crippen molar-refractivity contribution in [3.05, 3.63) is 54.9 Å². The topological polar surface area (TPSA) is 80.5 Å². The first-order valence-electron chi connectivity index (χ1n) is 9.81. The lowest BCUT2D eigenvalue weighted by molar-refractivity contribution is -0.118. The van der Waals surface area contributed by atoms with E-state index in [9.17, 15) is 4.79 Å². The van der Waals surface area contributed by atoms with E-state index >= 15 is 0 Å². The summed E-state index contributed by atoms with van der Waals surface area (Å²) >= 11 is 0. The third-order valence-corrected chi connectivity index (χ3v) is 5.13. The van der Waals surface area contributed by atoms with Gasteiger partial charge in [-0.15, -0.1) is 10.2 Å². The molecule has 1 aliphatic heterocycles. The van der Waals surface area contributed by atoms with E-state index in [1.54, 1.807) is 24.3 Å². The Morgan fingerprint density at radius 1 is 1.14 bits per heavy atom. The molecule has 2 aromatic carbocycles. The number of anilines is 2. The van der Waals surface area contributed by atoms with Crippen LogP contribution in [0.15, 0.2) is 59.3 Å². The van der Waals surface area contributed by atoms with Crippen LogP contribution in [0.3, 0.4) is 0 Å². The highest BCUT2D eigenvalue weighted by atomic mass is 16.5. The van der Waals surface area contributed by atoms with Crippen LogP contribution in [0.5, 0.6) is 5.75 Å². The molecule has 0 unspecified atom stereocenters. The predicted octanol–water partition coefficient (Wildman–Crippen LogP) is 3.99. The number of piperidine rings is 1. The first-order valence-corrected chi connectivity index (χ1v) is 9.81. The van der Waals surface area contributed by atoms with Gasteiger partial charge < -0.3 is 19.4 Å². The number of carbonyl (C=O) groups is 1. The fourth-order valence-electron chi connectivity index (χ4n) is 3.36. The number of aromatic nitrogens is 2. The number of carbonyl (C=O) groups excluding carboxylic acids is 1. The van der Waals surface area contributed by atoms with Gasteiger partial charge in [0.15, 0.2) is 6.61 Å². The molecule has 7 nitrogen and oxygen atoms in total. The lowest BCUT2D eigenvalue weighted by Crippen LogP contribution is -2.32. The zero-order chi connectivity index (χ0) is 20.1. The minimum atomic E-state index is -0.203. The third kappa shape index (κ3) is 4.93. The molecule has 1 fully saturated rings. The molecule has 2 heterocycles. The summed E-state index contributed by atoms with van der Waals surface area (Å²) in [6, 6.07) is 15.1. The van der Waals surface area contributed by atoms with Crippen LogP contribution >= 0.6 is 0 Å². The van der Waals surface area contributed by atoms with Crippen molar-refractivity contribution in [3.8, 4) is 17.2 Å². The smallest absolute Gasteiger partial charge is 0.262 e. The van der Waals surface area contributed by atoms with Gasteiger partial charge in [-0.05, 0) is 67.3 Å². The van der Waals surface area contributed by atoms with Crippen molar-refractivity contribution in [1.82, 2.24) is 10.2 Å². The van der Waals surface area contributed by atoms with E-state index in [1.807, 2.05) is 12.1 Å². The summed E-state index contributed by atoms with van der Waals surface area (Å²) in [7, 11) is 0. The van der Waals surface area contributed by atoms with Crippen molar-refractivity contribution >= 4 is 17.3 Å². The molecule has 7 heteroatoms. The highest BCUT2D eigenvalue weighted by Crippen LogP contribution is 2.24. The Balaban J connectivity index is 1.26. The molecule has 29 heavy (non-hydrogen) atoms. The standard InChI is InChI=1S/C22H24N4O3/c1-16-10-12-26(13-11-16)19-6-4-18(5-7-19)24-21(27)14-28-20-8-2-17(3-9-20)22-25-23-15-29-22/h2-9,15-16H,10-14H2,1H3,(H,24,27). The summed E-state index contributed by atoms with van der Waals surface area (Å²) in [5, 5.41) is 10.4. The van der Waals surface area contributed by atoms with Gasteiger partial charge in [0.1, 0.15) is 5.75 Å². The van der Waals surface area contributed by atoms with Gasteiger partial charge in [0, 0.05) is 30.0 Å². The predicted molar refractivity (Wildman–Crippen MR) is 111 cm³/mol. The van der Waals surface area contributed by atoms with Crippen LogP contribution in [0.1, 0.15) is 19.8 Å². The zero-order valence-corrected chi connectivity index (χ0v) is 16.4. The van der Waals surface area contributed by atoms with E-state index in [4.69, 9.17) is 9.15 Å². The molecule has 0 atom stereocenters. The first kappa shape index (κ1) is 19.0. The summed E-state index contributed by atoms with van der Waals surface area (Å²) in [5.41, 5.74) is 2.76. The second-order valence-electron chi connectivity index (χ2n) is 7.32. The Kier molecular flexibility index (Phi) is 5.74. The van der Waals surface area contributed by atoms with Crippen LogP contribution in [0.4, 0.5) is 11.4 Å². The third-order valence-electron chi connectivity index (χ3n) is 5.13. The van der Waals surface area contributed by atoms with E-state index in [-0.39, 0.29) is 12.5 Å². The Bertz CT molecular complexity index is 916. The lowest BCUT2D eigenvalue weighted by atomic mass is 9.99. The summed E-state index contributed by atoms with van der Waals surface area (Å²) in [4.78, 5) is 14.6. The number of amides is 1. The van der Waals surface area contributed by atoms with E-state index < -0.39 is 0 Å². The van der Waals surface area contributed by atoms with Crippen LogP contribution in [0, 0.1) is 5.92 Å². The van der Waals surface area contributed by atoms with Gasteiger partial charge in [0.05, 0.1) is 0 Å². The van der Waals surface area contributed by atoms with Crippen molar-refractivity contribution in [2.75, 3.05) is 29.9 Å². The normalized spacial score (nSPS) is 14.6. The zero-order valence-electron chi connectivity index (χ0n) is 16.4. The van der Waals surface area contributed by atoms with E-state index in [0.717, 1.165) is 30.3 Å². The highest BCUT2D eigenvalue weighted by molar-refractivity contribution is 5.92. The van der Waals surface area contributed by atoms with Crippen LogP contribution < -0.4 is 15.0 Å². The summed E-state index contributed by atoms with van der Waals surface area (Å²) in [6.45, 7) is 4.42. The number of hydrogen-bond acceptors (Lipinski definition) is 6. The quantitative estimate of drug-likeness (QED) is 0.683. The summed E-state index contributed by atoms with van der Waals surface area (Å²) in [6.07, 6.45) is 3.74. The van der Waals surface area contributed by atoms with Gasteiger partial charge in [0.25, 0.3) is 5.91 Å². The van der Waals surface area contributed by atoms with Gasteiger partial charge >= 0.3 is 0 Å². The van der Waals surface area contributed by atoms with Crippen LogP contribution in [0.25, 0.3) is 11.5 Å². The fourth-order valence-corrected chi connectivity index (χ4v) is 3.36. The van der Waals surface area contributed by atoms with Crippen molar-refractivity contribution in [2.24, 2.45) is 5.92 Å². The van der Waals surface area contributed by atoms with Gasteiger partial charge in [-0.25, -0.2) is 0 Å². The molecule has 0 aliphatic carbocycles. The van der Waals surface area contributed by atoms with Gasteiger partial charge in [-0.2, -0.15) is 0 Å². The molecule has 1 aromatic heterocycles. The molecular formula is C22H24N4O3. The van der Waals surface area contributed by atoms with Gasteiger partial charge in [-0.3, -0.25) is 4.79 Å². The van der Waals surface area contributed by atoms with Crippen LogP contribution in [0.2, 0.25) is 0 Å². The van der Waals surface area contributed by atoms with Crippen LogP contribution in [-0.2, 0) is 4.79 Å². The number of hydrogen-bond donors (Lipinski definition) is 1. The Labute approximate surface area is 169 Å². The SMILES string of the molecule is CC1CCN(c2ccc(NC(=O)COc3ccc(-c4nnco4)cc3)cc2)CC1. The van der Waals surface area contributed by atoms with E-state index in [0.29, 0.717) is 11.6 Å². The minimum Gasteiger partial charge on any atom is -0.484 e. The lowest BCUT2D eigenvalue weighted by Gasteiger charge is -2.32. The second-order valence-corrected chi connectivity index (χ2v) is 7.32. The number of nitrogens with zero attached hydrogens (tertiary/aromatic N) is 3. The van der Waals surface area contributed by atoms with Crippen LogP contribution in [-0.4, -0.2) is 35.8 Å². The average Bonchev–Trinajstić information content (AvgIpc) is 3.29. The maximum Gasteiger partial charge on any atom is 0.262 e. The Morgan fingerprint density at radius 2 is 1.86 bits per heavy atom. The largest absolute Gasteiger partial charge is 0.484 e. The molecule has 1 aliphatic rings. The molecule has 4 rings (SSSR count). The van der Waals surface area contributed by atoms with Gasteiger partial charge in [-0.1, -0.05) is 6.92 Å². The van der Waals surface area contributed by atoms with Crippen molar-refractivity contribution in [1.29, 1.82) is 0 Å². The minimum absolute atomic E-state index is 0.0638. The molecule has 0 bridgehead atoms. The number of benzene rings is 2. The fraction of sp³-hybridized carbons (Fsp3) is 0.318. The molecule has 1 amide bonds. The molecule has 1 saturated heterocycles. The van der Waals surface area contributed by atoms with E-state index in [2.05, 4.69) is 39.5 Å². The average molecular weight is 392 g/mol. The Morgan fingerprint density at radius 3 is 2.52 bits per heavy atom. The van der Waals surface area contributed by atoms with Gasteiger partial charge in [0.2, 0.25) is 12.3 Å². The first-order chi connectivity index (χ1) is 14.2. The summed E-state index contributed by atoms with van der Waals surface area (Å²) < 4.78 is 10.7. The molecule has 0 spiro atoms. The monoisotopic (exact) mass is 392 g/mol. The summed E-state index contributed by atoms with van der Waals surface area (Å²) in [5.74, 6) is 1.64. The van der Waals surface area contributed by atoms with Crippen molar-refractivity contribution < 1.29 is 13.9 Å². The molecule has 3 aromatic rings. The maximum atomic E-state index is 12.2. The second kappa shape index (κ2) is 8.77. The van der Waals surface area contributed by atoms with Crippen molar-refractivity contribution in [3.63, 3.8) is 0 Å². The van der Waals surface area contributed by atoms with Crippen molar-refractivity contribution in [2.45, 2.75) is 19.8 Å². The highest BCUT2D eigenvalue weighted by Gasteiger charge is 2.16. The number of nitrogens with one attached hydrogen (secondary N) is 1. The van der Waals surface area contributed by atoms with E-state index in [1.165, 1.54) is 24.9 Å². The molecule has 0 radical (unpaired) electrons. The Hall–Kier alpha value is -3.35. The number of ether oxygens (including phenoxy) is 1. The molecule has 1 N–H and O–H groups in total. The number of rotatable bonds is 6. The molecule has 150 valence electrons. The molecule has 0 saturated carbocycles. The maximum absolute atomic E-state index is 12.2.